The number of hydrogen-bond acceptors (Lipinski definition) is 6. The van der Waals surface area contributed by atoms with E-state index in [0.29, 0.717) is 19.3 Å². The van der Waals surface area contributed by atoms with Crippen LogP contribution in [-0.4, -0.2) is 37.2 Å². The molecule has 0 bridgehead atoms. The number of hydrogen-bond donors (Lipinski definition) is 0. The number of benzene rings is 3. The summed E-state index contributed by atoms with van der Waals surface area (Å²) < 4.78 is 17.1. The van der Waals surface area contributed by atoms with E-state index in [1.807, 2.05) is 112 Å². The molecule has 3 unspecified atom stereocenters. The van der Waals surface area contributed by atoms with Crippen LogP contribution in [0.1, 0.15) is 74.5 Å². The molecule has 6 heteroatoms. The van der Waals surface area contributed by atoms with Crippen LogP contribution in [0.4, 0.5) is 0 Å². The summed E-state index contributed by atoms with van der Waals surface area (Å²) in [6.45, 7) is 5.31. The predicted molar refractivity (Wildman–Crippen MR) is 150 cm³/mol. The van der Waals surface area contributed by atoms with E-state index in [1.54, 1.807) is 0 Å². The van der Waals surface area contributed by atoms with Gasteiger partial charge < -0.3 is 14.2 Å². The van der Waals surface area contributed by atoms with Gasteiger partial charge in [-0.25, -0.2) is 0 Å². The first kappa shape index (κ1) is 29.6. The molecule has 0 N–H and O–H groups in total. The molecule has 3 atom stereocenters. The topological polar surface area (TPSA) is 78.9 Å². The molecule has 0 heterocycles. The van der Waals surface area contributed by atoms with E-state index in [2.05, 4.69) is 0 Å². The molecule has 6 nitrogen and oxygen atoms in total. The van der Waals surface area contributed by atoms with Gasteiger partial charge in [-0.3, -0.25) is 14.4 Å². The fourth-order valence-electron chi connectivity index (χ4n) is 4.59. The van der Waals surface area contributed by atoms with E-state index in [1.165, 1.54) is 0 Å². The van der Waals surface area contributed by atoms with Crippen LogP contribution < -0.4 is 0 Å². The van der Waals surface area contributed by atoms with Gasteiger partial charge in [0.2, 0.25) is 0 Å². The van der Waals surface area contributed by atoms with E-state index in [0.717, 1.165) is 16.7 Å². The van der Waals surface area contributed by atoms with Gasteiger partial charge in [0.25, 0.3) is 0 Å². The lowest BCUT2D eigenvalue weighted by molar-refractivity contribution is -0.169. The minimum atomic E-state index is -0.940. The fourth-order valence-corrected chi connectivity index (χ4v) is 4.59. The van der Waals surface area contributed by atoms with Crippen molar-refractivity contribution in [1.29, 1.82) is 0 Å². The largest absolute Gasteiger partial charge is 0.461 e. The Morgan fingerprint density at radius 3 is 1.13 bits per heavy atom. The molecule has 0 fully saturated rings. The minimum absolute atomic E-state index is 0.214. The van der Waals surface area contributed by atoms with Gasteiger partial charge in [-0.15, -0.1) is 0 Å². The molecule has 0 aliphatic rings. The maximum absolute atomic E-state index is 13.2. The van der Waals surface area contributed by atoms with Gasteiger partial charge in [0.1, 0.15) is 13.2 Å². The lowest BCUT2D eigenvalue weighted by atomic mass is 9.96. The van der Waals surface area contributed by atoms with E-state index >= 15 is 0 Å². The van der Waals surface area contributed by atoms with Crippen molar-refractivity contribution in [2.45, 2.75) is 63.9 Å². The van der Waals surface area contributed by atoms with Crippen LogP contribution in [-0.2, 0) is 28.6 Å². The number of ether oxygens (including phenoxy) is 3. The fraction of sp³-hybridized carbons (Fsp3) is 0.364. The second-order valence-electron chi connectivity index (χ2n) is 9.43. The Labute approximate surface area is 231 Å². The molecule has 0 spiro atoms. The van der Waals surface area contributed by atoms with Crippen molar-refractivity contribution in [1.82, 2.24) is 0 Å². The third kappa shape index (κ3) is 8.54. The highest BCUT2D eigenvalue weighted by molar-refractivity contribution is 5.80. The Morgan fingerprint density at radius 2 is 0.821 bits per heavy atom. The van der Waals surface area contributed by atoms with Gasteiger partial charge in [0.05, 0.1) is 17.8 Å². The number of carbonyl (C=O) groups excluding carboxylic acids is 3. The number of esters is 3. The summed E-state index contributed by atoms with van der Waals surface area (Å²) in [4.78, 5) is 39.2. The Kier molecular flexibility index (Phi) is 11.8. The SMILES string of the molecule is CCC(C(=O)OCC(COC(=O)C(CC)c1ccccc1)OC(=O)C(CC)c1ccccc1)c1ccccc1. The zero-order valence-corrected chi connectivity index (χ0v) is 23.0. The quantitative estimate of drug-likeness (QED) is 0.173. The summed E-state index contributed by atoms with van der Waals surface area (Å²) in [6.07, 6.45) is 0.713. The number of rotatable bonds is 14. The standard InChI is InChI=1S/C33H38O6/c1-4-28(24-16-10-7-11-17-24)31(34)37-22-27(39-33(36)30(6-3)26-20-14-9-15-21-26)23-38-32(35)29(5-2)25-18-12-8-13-19-25/h7-21,27-30H,4-6,22-23H2,1-3H3. The molecule has 0 aliphatic heterocycles. The van der Waals surface area contributed by atoms with Crippen molar-refractivity contribution in [3.8, 4) is 0 Å². The van der Waals surface area contributed by atoms with E-state index < -0.39 is 41.8 Å². The maximum Gasteiger partial charge on any atom is 0.313 e. The van der Waals surface area contributed by atoms with E-state index in [-0.39, 0.29) is 13.2 Å². The van der Waals surface area contributed by atoms with Crippen LogP contribution in [0.15, 0.2) is 91.0 Å². The van der Waals surface area contributed by atoms with Crippen LogP contribution in [0.3, 0.4) is 0 Å². The average molecular weight is 531 g/mol. The Balaban J connectivity index is 1.72. The Hall–Kier alpha value is -3.93. The summed E-state index contributed by atoms with van der Waals surface area (Å²) in [7, 11) is 0. The average Bonchev–Trinajstić information content (AvgIpc) is 2.97. The van der Waals surface area contributed by atoms with Gasteiger partial charge in [-0.05, 0) is 36.0 Å². The maximum atomic E-state index is 13.2. The Bertz CT molecular complexity index is 1100. The second-order valence-corrected chi connectivity index (χ2v) is 9.43. The summed E-state index contributed by atoms with van der Waals surface area (Å²) in [5.74, 6) is -2.66. The predicted octanol–water partition coefficient (Wildman–Crippen LogP) is 6.57. The molecule has 3 aromatic carbocycles. The molecule has 0 amide bonds. The van der Waals surface area contributed by atoms with Crippen LogP contribution in [0.25, 0.3) is 0 Å². The number of carbonyl (C=O) groups is 3. The Morgan fingerprint density at radius 1 is 0.513 bits per heavy atom. The summed E-state index contributed by atoms with van der Waals surface area (Å²) in [5, 5.41) is 0. The van der Waals surface area contributed by atoms with Crippen molar-refractivity contribution in [3.05, 3.63) is 108 Å². The van der Waals surface area contributed by atoms with Crippen molar-refractivity contribution < 1.29 is 28.6 Å². The molecule has 0 radical (unpaired) electrons. The highest BCUT2D eigenvalue weighted by Crippen LogP contribution is 2.24. The van der Waals surface area contributed by atoms with Crippen molar-refractivity contribution in [3.63, 3.8) is 0 Å². The van der Waals surface area contributed by atoms with Crippen LogP contribution in [0.5, 0.6) is 0 Å². The third-order valence-electron chi connectivity index (χ3n) is 6.79. The lowest BCUT2D eigenvalue weighted by Crippen LogP contribution is -2.34. The highest BCUT2D eigenvalue weighted by Gasteiger charge is 2.28. The van der Waals surface area contributed by atoms with Crippen LogP contribution in [0, 0.1) is 0 Å². The van der Waals surface area contributed by atoms with E-state index in [9.17, 15) is 14.4 Å². The van der Waals surface area contributed by atoms with Crippen LogP contribution >= 0.6 is 0 Å². The molecule has 39 heavy (non-hydrogen) atoms. The molecule has 206 valence electrons. The summed E-state index contributed by atoms with van der Waals surface area (Å²) >= 11 is 0. The molecule has 3 aromatic rings. The van der Waals surface area contributed by atoms with Gasteiger partial charge >= 0.3 is 17.9 Å². The van der Waals surface area contributed by atoms with E-state index in [4.69, 9.17) is 14.2 Å². The first-order chi connectivity index (χ1) is 19.0. The zero-order chi connectivity index (χ0) is 28.0. The van der Waals surface area contributed by atoms with Gasteiger partial charge in [0.15, 0.2) is 6.10 Å². The smallest absolute Gasteiger partial charge is 0.313 e. The molecular formula is C33H38O6. The van der Waals surface area contributed by atoms with Crippen molar-refractivity contribution in [2.75, 3.05) is 13.2 Å². The molecule has 0 aliphatic carbocycles. The molecular weight excluding hydrogens is 492 g/mol. The summed E-state index contributed by atoms with van der Waals surface area (Å²) in [5.41, 5.74) is 2.55. The lowest BCUT2D eigenvalue weighted by Gasteiger charge is -2.23. The zero-order valence-electron chi connectivity index (χ0n) is 23.0. The van der Waals surface area contributed by atoms with Crippen LogP contribution in [0.2, 0.25) is 0 Å². The van der Waals surface area contributed by atoms with Gasteiger partial charge in [-0.1, -0.05) is 112 Å². The second kappa shape index (κ2) is 15.5. The first-order valence-corrected chi connectivity index (χ1v) is 13.7. The molecule has 0 saturated heterocycles. The normalized spacial score (nSPS) is 13.9. The summed E-state index contributed by atoms with van der Waals surface area (Å²) in [6, 6.07) is 28.2. The minimum Gasteiger partial charge on any atom is -0.461 e. The van der Waals surface area contributed by atoms with Gasteiger partial charge in [-0.2, -0.15) is 0 Å². The van der Waals surface area contributed by atoms with Crippen molar-refractivity contribution in [2.24, 2.45) is 0 Å². The van der Waals surface area contributed by atoms with Crippen molar-refractivity contribution >= 4 is 17.9 Å². The third-order valence-corrected chi connectivity index (χ3v) is 6.79. The molecule has 3 rings (SSSR count). The highest BCUT2D eigenvalue weighted by atomic mass is 16.6. The van der Waals surface area contributed by atoms with Gasteiger partial charge in [0, 0.05) is 0 Å². The molecule has 0 aromatic heterocycles. The monoisotopic (exact) mass is 530 g/mol. The molecule has 0 saturated carbocycles. The first-order valence-electron chi connectivity index (χ1n) is 13.7.